The molecule has 7 nitrogen and oxygen atoms in total. The maximum Gasteiger partial charge on any atom is 0.256 e. The Labute approximate surface area is 195 Å². The number of imidazole rings is 1. The van der Waals surface area contributed by atoms with Crippen molar-refractivity contribution in [3.8, 4) is 5.75 Å². The van der Waals surface area contributed by atoms with E-state index in [1.807, 2.05) is 10.8 Å². The summed E-state index contributed by atoms with van der Waals surface area (Å²) in [4.78, 5) is 31.4. The van der Waals surface area contributed by atoms with Crippen LogP contribution in [0.15, 0.2) is 61.2 Å². The third-order valence-electron chi connectivity index (χ3n) is 5.27. The van der Waals surface area contributed by atoms with Crippen molar-refractivity contribution < 1.29 is 14.3 Å². The molecule has 0 spiro atoms. The van der Waals surface area contributed by atoms with Crippen LogP contribution in [0.1, 0.15) is 23.2 Å². The minimum absolute atomic E-state index is 0.234. The summed E-state index contributed by atoms with van der Waals surface area (Å²) in [6.07, 6.45) is 6.66. The van der Waals surface area contributed by atoms with E-state index < -0.39 is 6.04 Å². The highest BCUT2D eigenvalue weighted by molar-refractivity contribution is 6.35. The molecule has 4 rings (SSSR count). The zero-order chi connectivity index (χ0) is 22.5. The van der Waals surface area contributed by atoms with Crippen LogP contribution in [0.3, 0.4) is 0 Å². The SMILES string of the molecule is O=C(Nc1ccc(OCCn2ccnc2)cc1)[C@@H]1CCCN1C(=O)c1cc(Cl)ccc1Cl. The fourth-order valence-corrected chi connectivity index (χ4v) is 4.02. The molecule has 1 N–H and O–H groups in total. The first-order valence-corrected chi connectivity index (χ1v) is 11.0. The summed E-state index contributed by atoms with van der Waals surface area (Å²) in [7, 11) is 0. The average Bonchev–Trinajstić information content (AvgIpc) is 3.48. The van der Waals surface area contributed by atoms with Crippen molar-refractivity contribution in [1.29, 1.82) is 0 Å². The molecule has 2 amide bonds. The van der Waals surface area contributed by atoms with E-state index in [2.05, 4.69) is 10.3 Å². The predicted molar refractivity (Wildman–Crippen MR) is 123 cm³/mol. The molecule has 2 heterocycles. The molecule has 1 aliphatic heterocycles. The van der Waals surface area contributed by atoms with Crippen LogP contribution in [-0.2, 0) is 11.3 Å². The second kappa shape index (κ2) is 10.1. The monoisotopic (exact) mass is 472 g/mol. The Morgan fingerprint density at radius 1 is 1.16 bits per heavy atom. The summed E-state index contributed by atoms with van der Waals surface area (Å²) in [6, 6.07) is 11.3. The Hall–Kier alpha value is -3.03. The van der Waals surface area contributed by atoms with E-state index in [1.165, 1.54) is 6.07 Å². The molecule has 0 bridgehead atoms. The van der Waals surface area contributed by atoms with E-state index in [-0.39, 0.29) is 11.8 Å². The number of amides is 2. The van der Waals surface area contributed by atoms with Crippen molar-refractivity contribution in [2.75, 3.05) is 18.5 Å². The number of ether oxygens (including phenoxy) is 1. The summed E-state index contributed by atoms with van der Waals surface area (Å²) in [5.74, 6) is 0.177. The fourth-order valence-electron chi connectivity index (χ4n) is 3.65. The smallest absolute Gasteiger partial charge is 0.256 e. The molecule has 0 saturated carbocycles. The second-order valence-electron chi connectivity index (χ2n) is 7.44. The minimum Gasteiger partial charge on any atom is -0.492 e. The molecule has 166 valence electrons. The maximum absolute atomic E-state index is 13.0. The lowest BCUT2D eigenvalue weighted by Crippen LogP contribution is -2.43. The van der Waals surface area contributed by atoms with Crippen LogP contribution in [0.5, 0.6) is 5.75 Å². The lowest BCUT2D eigenvalue weighted by Gasteiger charge is -2.24. The zero-order valence-electron chi connectivity index (χ0n) is 17.2. The number of hydrogen-bond acceptors (Lipinski definition) is 4. The summed E-state index contributed by atoms with van der Waals surface area (Å²) in [5, 5.41) is 3.63. The topological polar surface area (TPSA) is 76.5 Å². The third-order valence-corrected chi connectivity index (χ3v) is 5.84. The van der Waals surface area contributed by atoms with Gasteiger partial charge in [-0.3, -0.25) is 9.59 Å². The van der Waals surface area contributed by atoms with Gasteiger partial charge in [0.2, 0.25) is 5.91 Å². The number of aromatic nitrogens is 2. The Balaban J connectivity index is 1.35. The Bertz CT molecular complexity index is 1090. The molecule has 2 aromatic carbocycles. The summed E-state index contributed by atoms with van der Waals surface area (Å²) in [5.41, 5.74) is 0.938. The van der Waals surface area contributed by atoms with Crippen molar-refractivity contribution >= 4 is 40.7 Å². The van der Waals surface area contributed by atoms with Crippen LogP contribution in [0.4, 0.5) is 5.69 Å². The van der Waals surface area contributed by atoms with Gasteiger partial charge in [-0.25, -0.2) is 4.98 Å². The van der Waals surface area contributed by atoms with Crippen molar-refractivity contribution in [2.24, 2.45) is 0 Å². The van der Waals surface area contributed by atoms with Crippen LogP contribution in [0, 0.1) is 0 Å². The quantitative estimate of drug-likeness (QED) is 0.548. The first kappa shape index (κ1) is 22.2. The van der Waals surface area contributed by atoms with Crippen molar-refractivity contribution in [2.45, 2.75) is 25.4 Å². The number of carbonyl (C=O) groups excluding carboxylic acids is 2. The van der Waals surface area contributed by atoms with Crippen molar-refractivity contribution in [3.63, 3.8) is 0 Å². The maximum atomic E-state index is 13.0. The van der Waals surface area contributed by atoms with Gasteiger partial charge in [0.25, 0.3) is 5.91 Å². The van der Waals surface area contributed by atoms with Crippen LogP contribution >= 0.6 is 23.2 Å². The third kappa shape index (κ3) is 5.23. The molecule has 3 aromatic rings. The highest BCUT2D eigenvalue weighted by Gasteiger charge is 2.35. The standard InChI is InChI=1S/C23H22Cl2N4O3/c24-16-3-8-20(25)19(14-16)23(31)29-10-1-2-21(29)22(30)27-17-4-6-18(7-5-17)32-13-12-28-11-9-26-15-28/h3-9,11,14-15,21H,1-2,10,12-13H2,(H,27,30)/t21-/m0/s1. The number of anilines is 1. The van der Waals surface area contributed by atoms with Gasteiger partial charge >= 0.3 is 0 Å². The normalized spacial score (nSPS) is 15.6. The number of hydrogen-bond donors (Lipinski definition) is 1. The largest absolute Gasteiger partial charge is 0.492 e. The molecular weight excluding hydrogens is 451 g/mol. The van der Waals surface area contributed by atoms with E-state index in [0.717, 1.165) is 6.42 Å². The van der Waals surface area contributed by atoms with Gasteiger partial charge in [-0.05, 0) is 55.3 Å². The molecular formula is C23H22Cl2N4O3. The molecule has 9 heteroatoms. The molecule has 1 fully saturated rings. The van der Waals surface area contributed by atoms with Gasteiger partial charge in [-0.1, -0.05) is 23.2 Å². The number of likely N-dealkylation sites (tertiary alicyclic amines) is 1. The van der Waals surface area contributed by atoms with Crippen LogP contribution in [-0.4, -0.2) is 45.5 Å². The van der Waals surface area contributed by atoms with Gasteiger partial charge in [0.15, 0.2) is 0 Å². The van der Waals surface area contributed by atoms with Crippen molar-refractivity contribution in [3.05, 3.63) is 76.8 Å². The number of rotatable bonds is 7. The number of carbonyl (C=O) groups is 2. The summed E-state index contributed by atoms with van der Waals surface area (Å²) < 4.78 is 7.65. The molecule has 1 aliphatic rings. The number of nitrogens with zero attached hydrogens (tertiary/aromatic N) is 3. The summed E-state index contributed by atoms with van der Waals surface area (Å²) in [6.45, 7) is 1.69. The number of halogens is 2. The first-order chi connectivity index (χ1) is 15.5. The molecule has 0 unspecified atom stereocenters. The highest BCUT2D eigenvalue weighted by Crippen LogP contribution is 2.27. The van der Waals surface area contributed by atoms with E-state index in [1.54, 1.807) is 53.8 Å². The zero-order valence-corrected chi connectivity index (χ0v) is 18.7. The molecule has 1 atom stereocenters. The molecule has 32 heavy (non-hydrogen) atoms. The Morgan fingerprint density at radius 3 is 2.72 bits per heavy atom. The van der Waals surface area contributed by atoms with Gasteiger partial charge in [-0.2, -0.15) is 0 Å². The minimum atomic E-state index is -0.566. The van der Waals surface area contributed by atoms with E-state index >= 15 is 0 Å². The van der Waals surface area contributed by atoms with Gasteiger partial charge in [0.05, 0.1) is 23.5 Å². The lowest BCUT2D eigenvalue weighted by molar-refractivity contribution is -0.119. The van der Waals surface area contributed by atoms with Gasteiger partial charge in [0, 0.05) is 29.6 Å². The van der Waals surface area contributed by atoms with Gasteiger partial charge < -0.3 is 19.5 Å². The first-order valence-electron chi connectivity index (χ1n) is 10.3. The Kier molecular flexibility index (Phi) is 6.97. The molecule has 0 radical (unpaired) electrons. The van der Waals surface area contributed by atoms with Crippen LogP contribution in [0.25, 0.3) is 0 Å². The van der Waals surface area contributed by atoms with E-state index in [4.69, 9.17) is 27.9 Å². The number of nitrogens with one attached hydrogen (secondary N) is 1. The summed E-state index contributed by atoms with van der Waals surface area (Å²) >= 11 is 12.2. The van der Waals surface area contributed by atoms with Gasteiger partial charge in [-0.15, -0.1) is 0 Å². The van der Waals surface area contributed by atoms with E-state index in [0.29, 0.717) is 53.2 Å². The van der Waals surface area contributed by atoms with Crippen molar-refractivity contribution in [1.82, 2.24) is 14.5 Å². The van der Waals surface area contributed by atoms with Crippen LogP contribution in [0.2, 0.25) is 10.0 Å². The van der Waals surface area contributed by atoms with E-state index in [9.17, 15) is 9.59 Å². The molecule has 0 aliphatic carbocycles. The lowest BCUT2D eigenvalue weighted by atomic mass is 10.1. The molecule has 1 aromatic heterocycles. The fraction of sp³-hybridized carbons (Fsp3) is 0.261. The Morgan fingerprint density at radius 2 is 1.97 bits per heavy atom. The predicted octanol–water partition coefficient (Wildman–Crippen LogP) is 4.51. The highest BCUT2D eigenvalue weighted by atomic mass is 35.5. The number of benzene rings is 2. The van der Waals surface area contributed by atoms with Crippen LogP contribution < -0.4 is 10.1 Å². The van der Waals surface area contributed by atoms with Gasteiger partial charge in [0.1, 0.15) is 18.4 Å². The second-order valence-corrected chi connectivity index (χ2v) is 8.29. The molecule has 1 saturated heterocycles. The average molecular weight is 473 g/mol.